The highest BCUT2D eigenvalue weighted by atomic mass is 16.1. The lowest BCUT2D eigenvalue weighted by Gasteiger charge is -2.13. The predicted molar refractivity (Wildman–Crippen MR) is 86.8 cm³/mol. The maximum absolute atomic E-state index is 12.2. The van der Waals surface area contributed by atoms with Crippen molar-refractivity contribution in [2.24, 2.45) is 0 Å². The lowest BCUT2D eigenvalue weighted by molar-refractivity contribution is 0.608. The molecule has 0 saturated heterocycles. The van der Waals surface area contributed by atoms with Crippen LogP contribution in [0.5, 0.6) is 0 Å². The fourth-order valence-corrected chi connectivity index (χ4v) is 2.48. The van der Waals surface area contributed by atoms with E-state index < -0.39 is 0 Å². The predicted octanol–water partition coefficient (Wildman–Crippen LogP) is 3.05. The van der Waals surface area contributed by atoms with Gasteiger partial charge in [-0.3, -0.25) is 4.79 Å². The summed E-state index contributed by atoms with van der Waals surface area (Å²) in [4.78, 5) is 12.2. The van der Waals surface area contributed by atoms with E-state index in [2.05, 4.69) is 42.5 Å². The van der Waals surface area contributed by atoms with Crippen LogP contribution in [0.2, 0.25) is 0 Å². The second-order valence-electron chi connectivity index (χ2n) is 5.29. The van der Waals surface area contributed by atoms with Crippen molar-refractivity contribution in [3.8, 4) is 0 Å². The Balaban J connectivity index is 2.24. The molecule has 112 valence electrons. The Morgan fingerprint density at radius 2 is 2.00 bits per heavy atom. The molecule has 0 fully saturated rings. The summed E-state index contributed by atoms with van der Waals surface area (Å²) in [6.07, 6.45) is 2.46. The lowest BCUT2D eigenvalue weighted by atomic mass is 10.1. The van der Waals surface area contributed by atoms with Crippen LogP contribution < -0.4 is 10.9 Å². The average molecular weight is 285 g/mol. The first-order chi connectivity index (χ1) is 10.1. The zero-order chi connectivity index (χ0) is 15.4. The summed E-state index contributed by atoms with van der Waals surface area (Å²) in [7, 11) is 0. The van der Waals surface area contributed by atoms with Gasteiger partial charge in [0.1, 0.15) is 0 Å². The van der Waals surface area contributed by atoms with Crippen LogP contribution in [0.1, 0.15) is 36.1 Å². The summed E-state index contributed by atoms with van der Waals surface area (Å²) in [6, 6.07) is 6.41. The number of hydrogen-bond acceptors (Lipinski definition) is 3. The first kappa shape index (κ1) is 15.3. The fraction of sp³-hybridized carbons (Fsp3) is 0.412. The Kier molecular flexibility index (Phi) is 4.78. The highest BCUT2D eigenvalue weighted by molar-refractivity contribution is 5.49. The molecule has 1 heterocycles. The van der Waals surface area contributed by atoms with Crippen LogP contribution in [-0.4, -0.2) is 9.78 Å². The van der Waals surface area contributed by atoms with Crippen molar-refractivity contribution < 1.29 is 0 Å². The number of aryl methyl sites for hydroxylation is 3. The molecule has 0 saturated carbocycles. The maximum atomic E-state index is 12.2. The largest absolute Gasteiger partial charge is 0.379 e. The molecule has 1 aromatic heterocycles. The Bertz CT molecular complexity index is 689. The smallest absolute Gasteiger partial charge is 0.271 e. The Labute approximate surface area is 125 Å². The van der Waals surface area contributed by atoms with Gasteiger partial charge in [-0.1, -0.05) is 30.7 Å². The van der Waals surface area contributed by atoms with Gasteiger partial charge in [0.05, 0.1) is 11.9 Å². The van der Waals surface area contributed by atoms with E-state index >= 15 is 0 Å². The van der Waals surface area contributed by atoms with Gasteiger partial charge in [-0.15, -0.1) is 0 Å². The molecule has 0 aliphatic carbocycles. The highest BCUT2D eigenvalue weighted by Gasteiger charge is 2.09. The van der Waals surface area contributed by atoms with E-state index in [9.17, 15) is 4.79 Å². The number of rotatable bonds is 5. The van der Waals surface area contributed by atoms with Crippen molar-refractivity contribution in [3.05, 3.63) is 57.0 Å². The summed E-state index contributed by atoms with van der Waals surface area (Å²) in [6.45, 7) is 9.43. The molecule has 0 radical (unpaired) electrons. The molecular weight excluding hydrogens is 262 g/mol. The van der Waals surface area contributed by atoms with Crippen molar-refractivity contribution in [2.45, 2.75) is 47.2 Å². The fourth-order valence-electron chi connectivity index (χ4n) is 2.48. The van der Waals surface area contributed by atoms with Gasteiger partial charge >= 0.3 is 0 Å². The number of hydrogen-bond donors (Lipinski definition) is 1. The second-order valence-corrected chi connectivity index (χ2v) is 5.29. The maximum Gasteiger partial charge on any atom is 0.271 e. The average Bonchev–Trinajstić information content (AvgIpc) is 2.46. The first-order valence-corrected chi connectivity index (χ1v) is 7.45. The minimum atomic E-state index is 0.00521. The van der Waals surface area contributed by atoms with Crippen LogP contribution in [0, 0.1) is 13.8 Å². The monoisotopic (exact) mass is 285 g/mol. The third kappa shape index (κ3) is 3.32. The minimum absolute atomic E-state index is 0.00521. The number of aromatic nitrogens is 2. The standard InChI is InChI=1S/C17H23N3O/c1-5-15-16(11-19-20(6-2)17(15)21)18-10-14-8-7-12(3)9-13(14)4/h7-9,11,18H,5-6,10H2,1-4H3. The second kappa shape index (κ2) is 6.57. The van der Waals surface area contributed by atoms with E-state index in [4.69, 9.17) is 0 Å². The van der Waals surface area contributed by atoms with Gasteiger partial charge < -0.3 is 5.32 Å². The lowest BCUT2D eigenvalue weighted by Crippen LogP contribution is -2.26. The molecule has 0 aliphatic heterocycles. The van der Waals surface area contributed by atoms with Crippen LogP contribution in [-0.2, 0) is 19.5 Å². The summed E-state index contributed by atoms with van der Waals surface area (Å²) in [5.41, 5.74) is 5.41. The molecule has 1 aromatic carbocycles. The summed E-state index contributed by atoms with van der Waals surface area (Å²) in [5, 5.41) is 7.55. The van der Waals surface area contributed by atoms with Gasteiger partial charge in [0, 0.05) is 18.7 Å². The van der Waals surface area contributed by atoms with E-state index in [1.807, 2.05) is 13.8 Å². The number of nitrogens with zero attached hydrogens (tertiary/aromatic N) is 2. The van der Waals surface area contributed by atoms with Crippen molar-refractivity contribution >= 4 is 5.69 Å². The third-order valence-corrected chi connectivity index (χ3v) is 3.76. The van der Waals surface area contributed by atoms with E-state index in [0.29, 0.717) is 19.5 Å². The molecule has 0 amide bonds. The van der Waals surface area contributed by atoms with Crippen LogP contribution in [0.4, 0.5) is 5.69 Å². The molecule has 0 spiro atoms. The number of anilines is 1. The van der Waals surface area contributed by atoms with Gasteiger partial charge in [0.2, 0.25) is 0 Å². The highest BCUT2D eigenvalue weighted by Crippen LogP contribution is 2.15. The van der Waals surface area contributed by atoms with Crippen LogP contribution in [0.3, 0.4) is 0 Å². The van der Waals surface area contributed by atoms with Crippen molar-refractivity contribution in [1.82, 2.24) is 9.78 Å². The first-order valence-electron chi connectivity index (χ1n) is 7.45. The number of benzene rings is 1. The topological polar surface area (TPSA) is 46.9 Å². The third-order valence-electron chi connectivity index (χ3n) is 3.76. The van der Waals surface area contributed by atoms with Gasteiger partial charge in [0.25, 0.3) is 5.56 Å². The van der Waals surface area contributed by atoms with Gasteiger partial charge in [-0.05, 0) is 38.3 Å². The summed E-state index contributed by atoms with van der Waals surface area (Å²) >= 11 is 0. The minimum Gasteiger partial charge on any atom is -0.379 e. The molecule has 1 N–H and O–H groups in total. The Morgan fingerprint density at radius 1 is 1.24 bits per heavy atom. The Hall–Kier alpha value is -2.10. The molecule has 4 nitrogen and oxygen atoms in total. The quantitative estimate of drug-likeness (QED) is 0.918. The molecule has 2 rings (SSSR count). The van der Waals surface area contributed by atoms with Crippen LogP contribution in [0.15, 0.2) is 29.2 Å². The van der Waals surface area contributed by atoms with E-state index in [-0.39, 0.29) is 5.56 Å². The summed E-state index contributed by atoms with van der Waals surface area (Å²) < 4.78 is 1.50. The van der Waals surface area contributed by atoms with Gasteiger partial charge in [0.15, 0.2) is 0 Å². The summed E-state index contributed by atoms with van der Waals surface area (Å²) in [5.74, 6) is 0. The molecular formula is C17H23N3O. The van der Waals surface area contributed by atoms with Crippen LogP contribution >= 0.6 is 0 Å². The van der Waals surface area contributed by atoms with Gasteiger partial charge in [-0.2, -0.15) is 5.10 Å². The van der Waals surface area contributed by atoms with E-state index in [0.717, 1.165) is 11.3 Å². The zero-order valence-electron chi connectivity index (χ0n) is 13.2. The molecule has 0 unspecified atom stereocenters. The zero-order valence-corrected chi connectivity index (χ0v) is 13.2. The van der Waals surface area contributed by atoms with E-state index in [1.165, 1.54) is 21.4 Å². The molecule has 0 atom stereocenters. The van der Waals surface area contributed by atoms with Crippen LogP contribution in [0.25, 0.3) is 0 Å². The van der Waals surface area contributed by atoms with Crippen molar-refractivity contribution in [3.63, 3.8) is 0 Å². The van der Waals surface area contributed by atoms with Gasteiger partial charge in [-0.25, -0.2) is 4.68 Å². The number of nitrogens with one attached hydrogen (secondary N) is 1. The van der Waals surface area contributed by atoms with Crippen molar-refractivity contribution in [2.75, 3.05) is 5.32 Å². The normalized spacial score (nSPS) is 10.7. The Morgan fingerprint density at radius 3 is 2.62 bits per heavy atom. The van der Waals surface area contributed by atoms with Crippen molar-refractivity contribution in [1.29, 1.82) is 0 Å². The molecule has 21 heavy (non-hydrogen) atoms. The molecule has 0 aliphatic rings. The molecule has 0 bridgehead atoms. The molecule has 4 heteroatoms. The SMILES string of the molecule is CCc1c(NCc2ccc(C)cc2C)cnn(CC)c1=O. The molecule has 2 aromatic rings. The van der Waals surface area contributed by atoms with E-state index in [1.54, 1.807) is 6.20 Å².